The van der Waals surface area contributed by atoms with Crippen LogP contribution >= 0.6 is 11.8 Å². The van der Waals surface area contributed by atoms with Crippen LogP contribution in [0.15, 0.2) is 157 Å². The van der Waals surface area contributed by atoms with Gasteiger partial charge in [-0.05, 0) is 54.7 Å². The first-order chi connectivity index (χ1) is 37.0. The number of aliphatic hydroxyl groups is 1. The maximum Gasteiger partial charge on any atom is 0.220 e. The molecule has 5 aromatic carbocycles. The van der Waals surface area contributed by atoms with Crippen LogP contribution in [0.25, 0.3) is 0 Å². The second kappa shape index (κ2) is 26.7. The molecule has 410 valence electrons. The third-order valence-corrected chi connectivity index (χ3v) is 16.6. The summed E-state index contributed by atoms with van der Waals surface area (Å²) in [7, 11) is 3.13. The topological polar surface area (TPSA) is 140 Å². The van der Waals surface area contributed by atoms with Gasteiger partial charge < -0.3 is 66.7 Å². The zero-order valence-corrected chi connectivity index (χ0v) is 45.5. The lowest BCUT2D eigenvalue weighted by Gasteiger charge is -2.58. The normalized spacial score (nSPS) is 34.6. The molecule has 0 amide bonds. The van der Waals surface area contributed by atoms with E-state index in [9.17, 15) is 5.11 Å². The summed E-state index contributed by atoms with van der Waals surface area (Å²) in [5, 5.41) is 11.0. The van der Waals surface area contributed by atoms with Crippen LogP contribution < -0.4 is 0 Å². The molecule has 17 atom stereocenters. The minimum Gasteiger partial charge on any atom is -0.394 e. The number of hydrogen-bond donors (Lipinski definition) is 1. The van der Waals surface area contributed by atoms with Crippen LogP contribution in [0.2, 0.25) is 0 Å². The molecule has 0 saturated carbocycles. The standard InChI is InChI=1S/C61H76O14S/c1-8-47-52(65-35-42-24-14-9-15-25-42)54(67-37-44-28-18-11-19-29-44)55(68-38-45-30-20-12-21-31-45)57(70-47)69-39-49-40(2)51-56(75-61(5,64-7)60(4,63-6)74-51)58(71-49)73-50-41(3)59(76-46-32-22-13-23-33-46)72-48(34-62)53(50)66-36-43-26-16-10-17-27-43/h9-33,40-41,47-59,62H,8,34-39H2,1-7H3. The van der Waals surface area contributed by atoms with Gasteiger partial charge in [-0.15, -0.1) is 0 Å². The Bertz CT molecular complexity index is 2470. The van der Waals surface area contributed by atoms with Crippen LogP contribution in [0, 0.1) is 11.8 Å². The summed E-state index contributed by atoms with van der Waals surface area (Å²) in [4.78, 5) is 1.01. The number of rotatable bonds is 23. The molecular weight excluding hydrogens is 989 g/mol. The molecule has 4 saturated heterocycles. The Morgan fingerprint density at radius 2 is 0.908 bits per heavy atom. The van der Waals surface area contributed by atoms with Crippen LogP contribution in [-0.4, -0.2) is 123 Å². The summed E-state index contributed by atoms with van der Waals surface area (Å²) in [5.74, 6) is -3.37. The van der Waals surface area contributed by atoms with Gasteiger partial charge in [-0.3, -0.25) is 0 Å². The molecule has 9 rings (SSSR count). The van der Waals surface area contributed by atoms with Crippen molar-refractivity contribution in [2.24, 2.45) is 11.8 Å². The zero-order chi connectivity index (χ0) is 53.1. The molecule has 14 nitrogen and oxygen atoms in total. The predicted molar refractivity (Wildman–Crippen MR) is 285 cm³/mol. The van der Waals surface area contributed by atoms with Gasteiger partial charge in [0.05, 0.1) is 64.1 Å². The molecule has 4 heterocycles. The molecule has 4 fully saturated rings. The molecule has 0 spiro atoms. The van der Waals surface area contributed by atoms with E-state index in [-0.39, 0.29) is 38.3 Å². The lowest BCUT2D eigenvalue weighted by molar-refractivity contribution is -0.485. The SMILES string of the molecule is CCC1OC(OCC2OC(OC3C(C)C(Sc4ccccc4)OC(CO)C3OCc3ccccc3)C3OC(C)(OC)C(C)(OC)OC3C2C)C(OCc2ccccc2)C(OCc2ccccc2)C1OCc1ccccc1. The number of methoxy groups -OCH3 is 2. The molecule has 0 aromatic heterocycles. The van der Waals surface area contributed by atoms with Crippen molar-refractivity contribution in [1.29, 1.82) is 0 Å². The van der Waals surface area contributed by atoms with Crippen LogP contribution in [-0.2, 0) is 88.0 Å². The van der Waals surface area contributed by atoms with E-state index in [0.29, 0.717) is 19.6 Å². The highest BCUT2D eigenvalue weighted by atomic mass is 32.2. The fourth-order valence-corrected chi connectivity index (χ4v) is 11.7. The van der Waals surface area contributed by atoms with E-state index in [1.807, 2.05) is 166 Å². The summed E-state index contributed by atoms with van der Waals surface area (Å²) in [6, 6.07) is 50.2. The van der Waals surface area contributed by atoms with Gasteiger partial charge in [0.15, 0.2) is 12.6 Å². The molecule has 17 unspecified atom stereocenters. The number of thioether (sulfide) groups is 1. The third kappa shape index (κ3) is 13.3. The molecule has 4 aliphatic rings. The summed E-state index contributed by atoms with van der Waals surface area (Å²) in [6.07, 6.45) is -7.96. The average molecular weight is 1070 g/mol. The molecule has 5 aromatic rings. The van der Waals surface area contributed by atoms with E-state index in [1.54, 1.807) is 32.9 Å². The average Bonchev–Trinajstić information content (AvgIpc) is 3.49. The smallest absolute Gasteiger partial charge is 0.220 e. The lowest BCUT2D eigenvalue weighted by Crippen LogP contribution is -2.72. The fourth-order valence-electron chi connectivity index (χ4n) is 10.5. The summed E-state index contributed by atoms with van der Waals surface area (Å²) in [6.45, 7) is 10.7. The van der Waals surface area contributed by atoms with Crippen molar-refractivity contribution in [2.45, 2.75) is 163 Å². The molecule has 1 N–H and O–H groups in total. The van der Waals surface area contributed by atoms with Gasteiger partial charge in [-0.2, -0.15) is 0 Å². The van der Waals surface area contributed by atoms with Gasteiger partial charge in [0.2, 0.25) is 11.6 Å². The first-order valence-electron chi connectivity index (χ1n) is 26.7. The van der Waals surface area contributed by atoms with Gasteiger partial charge in [0.1, 0.15) is 42.1 Å². The van der Waals surface area contributed by atoms with Crippen LogP contribution in [0.5, 0.6) is 0 Å². The lowest BCUT2D eigenvalue weighted by atomic mass is 9.87. The number of fused-ring (bicyclic) bond motifs is 1. The molecule has 0 bridgehead atoms. The first kappa shape index (κ1) is 56.6. The molecule has 76 heavy (non-hydrogen) atoms. The zero-order valence-electron chi connectivity index (χ0n) is 44.7. The Hall–Kier alpha value is -4.11. The predicted octanol–water partition coefficient (Wildman–Crippen LogP) is 9.88. The Morgan fingerprint density at radius 3 is 1.38 bits per heavy atom. The molecular formula is C61H76O14S. The Labute approximate surface area is 452 Å². The van der Waals surface area contributed by atoms with E-state index in [4.69, 9.17) is 61.6 Å². The second-order valence-electron chi connectivity index (χ2n) is 20.3. The number of benzene rings is 5. The van der Waals surface area contributed by atoms with Crippen molar-refractivity contribution in [3.8, 4) is 0 Å². The number of hydrogen-bond acceptors (Lipinski definition) is 15. The van der Waals surface area contributed by atoms with E-state index in [2.05, 4.69) is 13.8 Å². The maximum absolute atomic E-state index is 11.0. The maximum atomic E-state index is 11.0. The number of aliphatic hydroxyl groups excluding tert-OH is 1. The Kier molecular flexibility index (Phi) is 19.9. The molecule has 0 aliphatic carbocycles. The molecule has 0 radical (unpaired) electrons. The second-order valence-corrected chi connectivity index (χ2v) is 21.5. The van der Waals surface area contributed by atoms with E-state index in [1.165, 1.54) is 0 Å². The van der Waals surface area contributed by atoms with Crippen molar-refractivity contribution in [2.75, 3.05) is 27.4 Å². The highest BCUT2D eigenvalue weighted by Crippen LogP contribution is 2.48. The van der Waals surface area contributed by atoms with Crippen LogP contribution in [0.3, 0.4) is 0 Å². The van der Waals surface area contributed by atoms with Crippen molar-refractivity contribution in [1.82, 2.24) is 0 Å². The van der Waals surface area contributed by atoms with Gasteiger partial charge in [-0.25, -0.2) is 0 Å². The van der Waals surface area contributed by atoms with E-state index < -0.39 is 90.6 Å². The van der Waals surface area contributed by atoms with Crippen molar-refractivity contribution < 1.29 is 66.7 Å². The van der Waals surface area contributed by atoms with Gasteiger partial charge in [0.25, 0.3) is 0 Å². The first-order valence-corrected chi connectivity index (χ1v) is 27.6. The monoisotopic (exact) mass is 1060 g/mol. The Morgan fingerprint density at radius 1 is 0.474 bits per heavy atom. The highest BCUT2D eigenvalue weighted by molar-refractivity contribution is 7.99. The summed E-state index contributed by atoms with van der Waals surface area (Å²) in [5.41, 5.74) is 3.57. The van der Waals surface area contributed by atoms with Crippen LogP contribution in [0.1, 0.15) is 63.3 Å². The molecule has 4 aliphatic heterocycles. The van der Waals surface area contributed by atoms with Crippen molar-refractivity contribution in [3.63, 3.8) is 0 Å². The van der Waals surface area contributed by atoms with Crippen molar-refractivity contribution >= 4 is 11.8 Å². The highest BCUT2D eigenvalue weighted by Gasteiger charge is 2.63. The quantitative estimate of drug-likeness (QED) is 0.0663. The third-order valence-electron chi connectivity index (χ3n) is 15.3. The van der Waals surface area contributed by atoms with E-state index in [0.717, 1.165) is 27.1 Å². The van der Waals surface area contributed by atoms with Crippen molar-refractivity contribution in [3.05, 3.63) is 174 Å². The molecule has 15 heteroatoms. The van der Waals surface area contributed by atoms with E-state index >= 15 is 0 Å². The van der Waals surface area contributed by atoms with Gasteiger partial charge >= 0.3 is 0 Å². The summed E-state index contributed by atoms with van der Waals surface area (Å²) < 4.78 is 88.8. The van der Waals surface area contributed by atoms with Gasteiger partial charge in [0, 0.05) is 31.0 Å². The van der Waals surface area contributed by atoms with Crippen LogP contribution in [0.4, 0.5) is 0 Å². The Balaban J connectivity index is 1.03. The fraction of sp³-hybridized carbons (Fsp3) is 0.508. The minimum atomic E-state index is -1.39. The largest absolute Gasteiger partial charge is 0.394 e. The minimum absolute atomic E-state index is 0.0368. The summed E-state index contributed by atoms with van der Waals surface area (Å²) >= 11 is 1.57. The number of ether oxygens (including phenoxy) is 13. The van der Waals surface area contributed by atoms with Gasteiger partial charge in [-0.1, -0.05) is 172 Å².